The summed E-state index contributed by atoms with van der Waals surface area (Å²) < 4.78 is 24.3. The van der Waals surface area contributed by atoms with Gasteiger partial charge < -0.3 is 24.6 Å². The standard InChI is InChI=1S/C20H28FN3O4/c1-14(2)11-17(19(25)23-5-8-27-9-6-23)22-20(26)24-7-10-28-18-12-16(21)4-3-15(18)13-24/h3-4,12,14,17H,5-11,13H2,1-2H3,(H,22,26)/t17-/m0/s1. The number of rotatable bonds is 4. The number of nitrogens with zero attached hydrogens (tertiary/aromatic N) is 2. The van der Waals surface area contributed by atoms with Gasteiger partial charge in [0.15, 0.2) is 0 Å². The van der Waals surface area contributed by atoms with Gasteiger partial charge in [0, 0.05) is 24.7 Å². The summed E-state index contributed by atoms with van der Waals surface area (Å²) in [4.78, 5) is 29.2. The maximum Gasteiger partial charge on any atom is 0.318 e. The molecular formula is C20H28FN3O4. The minimum atomic E-state index is -0.581. The van der Waals surface area contributed by atoms with Gasteiger partial charge in [-0.1, -0.05) is 19.9 Å². The van der Waals surface area contributed by atoms with E-state index in [0.29, 0.717) is 51.6 Å². The van der Waals surface area contributed by atoms with Crippen LogP contribution in [0.2, 0.25) is 0 Å². The Hall–Kier alpha value is -2.35. The highest BCUT2D eigenvalue weighted by Crippen LogP contribution is 2.24. The Kier molecular flexibility index (Phi) is 6.72. The molecule has 8 heteroatoms. The summed E-state index contributed by atoms with van der Waals surface area (Å²) in [5.74, 6) is 0.272. The lowest BCUT2D eigenvalue weighted by atomic mass is 10.0. The first-order valence-corrected chi connectivity index (χ1v) is 9.77. The zero-order valence-electron chi connectivity index (χ0n) is 16.4. The minimum absolute atomic E-state index is 0.0705. The lowest BCUT2D eigenvalue weighted by Gasteiger charge is -2.32. The number of fused-ring (bicyclic) bond motifs is 1. The third kappa shape index (κ3) is 5.13. The summed E-state index contributed by atoms with van der Waals surface area (Å²) >= 11 is 0. The second kappa shape index (κ2) is 9.23. The number of morpholine rings is 1. The van der Waals surface area contributed by atoms with Crippen LogP contribution >= 0.6 is 0 Å². The summed E-state index contributed by atoms with van der Waals surface area (Å²) in [5, 5.41) is 2.91. The molecule has 1 aromatic carbocycles. The maximum atomic E-state index is 13.4. The molecule has 0 bridgehead atoms. The maximum absolute atomic E-state index is 13.4. The van der Waals surface area contributed by atoms with Gasteiger partial charge in [0.1, 0.15) is 24.2 Å². The summed E-state index contributed by atoms with van der Waals surface area (Å²) in [5.41, 5.74) is 0.744. The van der Waals surface area contributed by atoms with Gasteiger partial charge in [-0.05, 0) is 18.4 Å². The largest absolute Gasteiger partial charge is 0.491 e. The van der Waals surface area contributed by atoms with Crippen molar-refractivity contribution in [3.8, 4) is 5.75 Å². The van der Waals surface area contributed by atoms with Gasteiger partial charge in [-0.3, -0.25) is 4.79 Å². The molecule has 28 heavy (non-hydrogen) atoms. The molecule has 0 aromatic heterocycles. The Labute approximate surface area is 164 Å². The van der Waals surface area contributed by atoms with Crippen molar-refractivity contribution < 1.29 is 23.5 Å². The van der Waals surface area contributed by atoms with Crippen molar-refractivity contribution in [1.82, 2.24) is 15.1 Å². The van der Waals surface area contributed by atoms with E-state index in [1.807, 2.05) is 13.8 Å². The van der Waals surface area contributed by atoms with Crippen LogP contribution in [0.15, 0.2) is 18.2 Å². The molecule has 0 aliphatic carbocycles. The Morgan fingerprint density at radius 2 is 1.86 bits per heavy atom. The zero-order chi connectivity index (χ0) is 20.1. The van der Waals surface area contributed by atoms with Crippen LogP contribution in [0.25, 0.3) is 0 Å². The van der Waals surface area contributed by atoms with E-state index in [-0.39, 0.29) is 30.3 Å². The summed E-state index contributed by atoms with van der Waals surface area (Å²) in [7, 11) is 0. The fraction of sp³-hybridized carbons (Fsp3) is 0.600. The molecule has 0 unspecified atom stereocenters. The van der Waals surface area contributed by atoms with Crippen molar-refractivity contribution in [2.75, 3.05) is 39.5 Å². The van der Waals surface area contributed by atoms with Crippen LogP contribution in [-0.4, -0.2) is 67.2 Å². The number of nitrogens with one attached hydrogen (secondary N) is 1. The first-order valence-electron chi connectivity index (χ1n) is 9.77. The molecule has 1 aromatic rings. The molecule has 7 nitrogen and oxygen atoms in total. The normalized spacial score (nSPS) is 18.1. The number of ether oxygens (including phenoxy) is 2. The van der Waals surface area contributed by atoms with E-state index < -0.39 is 6.04 Å². The van der Waals surface area contributed by atoms with Crippen LogP contribution in [0.5, 0.6) is 5.75 Å². The van der Waals surface area contributed by atoms with Crippen molar-refractivity contribution in [2.45, 2.75) is 32.9 Å². The number of amides is 3. The van der Waals surface area contributed by atoms with Gasteiger partial charge >= 0.3 is 6.03 Å². The molecular weight excluding hydrogens is 365 g/mol. The van der Waals surface area contributed by atoms with Crippen LogP contribution in [0.1, 0.15) is 25.8 Å². The predicted molar refractivity (Wildman–Crippen MR) is 101 cm³/mol. The highest BCUT2D eigenvalue weighted by molar-refractivity contribution is 5.87. The minimum Gasteiger partial charge on any atom is -0.491 e. The fourth-order valence-corrected chi connectivity index (χ4v) is 3.45. The van der Waals surface area contributed by atoms with Crippen molar-refractivity contribution in [3.05, 3.63) is 29.6 Å². The number of benzene rings is 1. The third-order valence-corrected chi connectivity index (χ3v) is 4.92. The van der Waals surface area contributed by atoms with Crippen molar-refractivity contribution in [2.24, 2.45) is 5.92 Å². The first kappa shape index (κ1) is 20.4. The van der Waals surface area contributed by atoms with Gasteiger partial charge in [0.05, 0.1) is 26.3 Å². The van der Waals surface area contributed by atoms with E-state index in [4.69, 9.17) is 9.47 Å². The molecule has 3 amide bonds. The van der Waals surface area contributed by atoms with E-state index in [1.54, 1.807) is 15.9 Å². The SMILES string of the molecule is CC(C)C[C@H](NC(=O)N1CCOc2cc(F)ccc2C1)C(=O)N1CCOCC1. The lowest BCUT2D eigenvalue weighted by Crippen LogP contribution is -2.54. The van der Waals surface area contributed by atoms with Gasteiger partial charge in [-0.15, -0.1) is 0 Å². The molecule has 1 saturated heterocycles. The van der Waals surface area contributed by atoms with Crippen LogP contribution in [-0.2, 0) is 16.1 Å². The predicted octanol–water partition coefficient (Wildman–Crippen LogP) is 2.00. The molecule has 3 rings (SSSR count). The summed E-state index contributed by atoms with van der Waals surface area (Å²) in [6.07, 6.45) is 0.564. The number of carbonyl (C=O) groups is 2. The van der Waals surface area contributed by atoms with Crippen molar-refractivity contribution in [3.63, 3.8) is 0 Å². The number of hydrogen-bond donors (Lipinski definition) is 1. The number of urea groups is 1. The Bertz CT molecular complexity index is 707. The molecule has 0 radical (unpaired) electrons. The van der Waals surface area contributed by atoms with E-state index in [1.165, 1.54) is 12.1 Å². The molecule has 1 atom stereocenters. The molecule has 2 heterocycles. The molecule has 1 fully saturated rings. The molecule has 1 N–H and O–H groups in total. The number of carbonyl (C=O) groups excluding carboxylic acids is 2. The van der Waals surface area contributed by atoms with Crippen molar-refractivity contribution >= 4 is 11.9 Å². The zero-order valence-corrected chi connectivity index (χ0v) is 16.4. The average Bonchev–Trinajstić information content (AvgIpc) is 2.89. The van der Waals surface area contributed by atoms with Crippen molar-refractivity contribution in [1.29, 1.82) is 0 Å². The van der Waals surface area contributed by atoms with Gasteiger partial charge in [-0.25, -0.2) is 9.18 Å². The lowest BCUT2D eigenvalue weighted by molar-refractivity contribution is -0.137. The summed E-state index contributed by atoms with van der Waals surface area (Å²) in [6, 6.07) is 3.42. The molecule has 2 aliphatic rings. The fourth-order valence-electron chi connectivity index (χ4n) is 3.45. The molecule has 0 spiro atoms. The highest BCUT2D eigenvalue weighted by atomic mass is 19.1. The Morgan fingerprint density at radius 3 is 2.57 bits per heavy atom. The quantitative estimate of drug-likeness (QED) is 0.850. The Morgan fingerprint density at radius 1 is 1.14 bits per heavy atom. The summed E-state index contributed by atoms with van der Waals surface area (Å²) in [6.45, 7) is 7.11. The van der Waals surface area contributed by atoms with Crippen LogP contribution in [0.4, 0.5) is 9.18 Å². The van der Waals surface area contributed by atoms with Gasteiger partial charge in [0.25, 0.3) is 0 Å². The first-order chi connectivity index (χ1) is 13.4. The second-order valence-corrected chi connectivity index (χ2v) is 7.59. The molecule has 2 aliphatic heterocycles. The van der Waals surface area contributed by atoms with Gasteiger partial charge in [-0.2, -0.15) is 0 Å². The van der Waals surface area contributed by atoms with E-state index in [2.05, 4.69) is 5.32 Å². The number of hydrogen-bond acceptors (Lipinski definition) is 4. The molecule has 0 saturated carbocycles. The smallest absolute Gasteiger partial charge is 0.318 e. The van der Waals surface area contributed by atoms with E-state index >= 15 is 0 Å². The van der Waals surface area contributed by atoms with E-state index in [0.717, 1.165) is 5.56 Å². The van der Waals surface area contributed by atoms with Crippen LogP contribution in [0, 0.1) is 11.7 Å². The van der Waals surface area contributed by atoms with Crippen LogP contribution in [0.3, 0.4) is 0 Å². The Balaban J connectivity index is 1.68. The monoisotopic (exact) mass is 393 g/mol. The van der Waals surface area contributed by atoms with Crippen LogP contribution < -0.4 is 10.1 Å². The van der Waals surface area contributed by atoms with Gasteiger partial charge in [0.2, 0.25) is 5.91 Å². The van der Waals surface area contributed by atoms with E-state index in [9.17, 15) is 14.0 Å². The second-order valence-electron chi connectivity index (χ2n) is 7.59. The molecule has 154 valence electrons. The average molecular weight is 393 g/mol. The topological polar surface area (TPSA) is 71.1 Å². The highest BCUT2D eigenvalue weighted by Gasteiger charge is 2.30. The number of halogens is 1. The third-order valence-electron chi connectivity index (χ3n) is 4.92.